The van der Waals surface area contributed by atoms with Crippen LogP contribution in [-0.2, 0) is 14.3 Å². The molecule has 0 aromatic heterocycles. The minimum absolute atomic E-state index is 0.0836. The molecule has 19 heavy (non-hydrogen) atoms. The molecule has 0 radical (unpaired) electrons. The van der Waals surface area contributed by atoms with Crippen molar-refractivity contribution in [1.29, 1.82) is 0 Å². The summed E-state index contributed by atoms with van der Waals surface area (Å²) >= 11 is 0. The van der Waals surface area contributed by atoms with Gasteiger partial charge in [-0.3, -0.25) is 14.9 Å². The molecule has 1 amide bonds. The summed E-state index contributed by atoms with van der Waals surface area (Å²) in [6.45, 7) is 12.2. The van der Waals surface area contributed by atoms with Crippen LogP contribution in [0.25, 0.3) is 0 Å². The van der Waals surface area contributed by atoms with Crippen LogP contribution in [-0.4, -0.2) is 36.1 Å². The zero-order valence-corrected chi connectivity index (χ0v) is 12.8. The summed E-state index contributed by atoms with van der Waals surface area (Å²) < 4.78 is 4.93. The molecule has 1 rings (SSSR count). The van der Waals surface area contributed by atoms with E-state index in [1.165, 1.54) is 0 Å². The Labute approximate surface area is 115 Å². The van der Waals surface area contributed by atoms with E-state index in [4.69, 9.17) is 4.74 Å². The fourth-order valence-electron chi connectivity index (χ4n) is 2.01. The molecule has 2 atom stereocenters. The van der Waals surface area contributed by atoms with Crippen molar-refractivity contribution in [1.82, 2.24) is 10.6 Å². The van der Waals surface area contributed by atoms with Crippen molar-refractivity contribution in [2.24, 2.45) is 5.41 Å². The lowest BCUT2D eigenvalue weighted by molar-refractivity contribution is -0.140. The molecule has 0 aliphatic carbocycles. The molecule has 0 aromatic rings. The van der Waals surface area contributed by atoms with Gasteiger partial charge in [0.25, 0.3) is 0 Å². The molecule has 2 N–H and O–H groups in total. The van der Waals surface area contributed by atoms with Crippen molar-refractivity contribution in [3.8, 4) is 0 Å². The smallest absolute Gasteiger partial charge is 0.323 e. The first kappa shape index (κ1) is 16.0. The summed E-state index contributed by atoms with van der Waals surface area (Å²) in [6, 6.07) is -0.808. The van der Waals surface area contributed by atoms with E-state index in [9.17, 15) is 9.59 Å². The van der Waals surface area contributed by atoms with Gasteiger partial charge in [0.2, 0.25) is 5.91 Å². The van der Waals surface area contributed by atoms with Gasteiger partial charge >= 0.3 is 5.97 Å². The molecular weight excluding hydrogens is 244 g/mol. The van der Waals surface area contributed by atoms with Crippen molar-refractivity contribution in [3.05, 3.63) is 0 Å². The summed E-state index contributed by atoms with van der Waals surface area (Å²) in [5.74, 6) is -0.350. The summed E-state index contributed by atoms with van der Waals surface area (Å²) in [5.41, 5.74) is -0.573. The molecule has 0 bridgehead atoms. The first-order chi connectivity index (χ1) is 8.50. The lowest BCUT2D eigenvalue weighted by Gasteiger charge is -2.34. The average molecular weight is 270 g/mol. The number of ether oxygens (including phenoxy) is 1. The molecule has 1 saturated heterocycles. The molecule has 5 heteroatoms. The van der Waals surface area contributed by atoms with Crippen LogP contribution in [0.5, 0.6) is 0 Å². The van der Waals surface area contributed by atoms with Gasteiger partial charge in [0.15, 0.2) is 0 Å². The predicted octanol–water partition coefficient (Wildman–Crippen LogP) is 1.22. The number of esters is 1. The number of hydrogen-bond acceptors (Lipinski definition) is 4. The lowest BCUT2D eigenvalue weighted by atomic mass is 9.85. The van der Waals surface area contributed by atoms with Gasteiger partial charge in [0, 0.05) is 12.0 Å². The quantitative estimate of drug-likeness (QED) is 0.757. The highest BCUT2D eigenvalue weighted by Crippen LogP contribution is 2.22. The van der Waals surface area contributed by atoms with Gasteiger partial charge in [-0.1, -0.05) is 20.8 Å². The summed E-state index contributed by atoms with van der Waals surface area (Å²) in [5, 5.41) is 6.10. The second-order valence-electron chi connectivity index (χ2n) is 7.21. The Morgan fingerprint density at radius 3 is 2.21 bits per heavy atom. The first-order valence-electron chi connectivity index (χ1n) is 6.75. The van der Waals surface area contributed by atoms with Crippen LogP contribution < -0.4 is 10.6 Å². The molecule has 1 fully saturated rings. The van der Waals surface area contributed by atoms with Crippen molar-refractivity contribution in [2.75, 3.05) is 6.61 Å². The standard InChI is InChI=1S/C14H26N2O3/c1-13(2,3)10(11(17)16-14(4,5)6)15-9-7-8-19-12(9)18/h9-10,15H,7-8H2,1-6H3,(H,16,17)/t9-,10-/m0/s1. The zero-order chi connectivity index (χ0) is 14.8. The number of amides is 1. The summed E-state index contributed by atoms with van der Waals surface area (Å²) in [4.78, 5) is 23.9. The lowest BCUT2D eigenvalue weighted by Crippen LogP contribution is -2.58. The largest absolute Gasteiger partial charge is 0.464 e. The third kappa shape index (κ3) is 4.82. The predicted molar refractivity (Wildman–Crippen MR) is 73.6 cm³/mol. The Balaban J connectivity index is 2.78. The molecule has 0 spiro atoms. The van der Waals surface area contributed by atoms with Gasteiger partial charge in [-0.05, 0) is 26.2 Å². The Morgan fingerprint density at radius 1 is 1.26 bits per heavy atom. The third-order valence-electron chi connectivity index (χ3n) is 2.93. The van der Waals surface area contributed by atoms with Gasteiger partial charge < -0.3 is 10.1 Å². The molecule has 0 saturated carbocycles. The number of nitrogens with one attached hydrogen (secondary N) is 2. The number of carbonyl (C=O) groups excluding carboxylic acids is 2. The Morgan fingerprint density at radius 2 is 1.84 bits per heavy atom. The maximum Gasteiger partial charge on any atom is 0.323 e. The van der Waals surface area contributed by atoms with E-state index in [1.54, 1.807) is 0 Å². The van der Waals surface area contributed by atoms with Crippen LogP contribution in [0.3, 0.4) is 0 Å². The highest BCUT2D eigenvalue weighted by atomic mass is 16.5. The molecule has 1 aliphatic heterocycles. The first-order valence-corrected chi connectivity index (χ1v) is 6.75. The van der Waals surface area contributed by atoms with E-state index < -0.39 is 6.04 Å². The normalized spacial score (nSPS) is 22.0. The van der Waals surface area contributed by atoms with Gasteiger partial charge in [-0.2, -0.15) is 0 Å². The fourth-order valence-corrected chi connectivity index (χ4v) is 2.01. The monoisotopic (exact) mass is 270 g/mol. The number of rotatable bonds is 3. The molecule has 1 aliphatic rings. The van der Waals surface area contributed by atoms with Crippen LogP contribution in [0.4, 0.5) is 0 Å². The molecule has 0 unspecified atom stereocenters. The Kier molecular flexibility index (Phi) is 4.61. The van der Waals surface area contributed by atoms with E-state index in [-0.39, 0.29) is 28.9 Å². The zero-order valence-electron chi connectivity index (χ0n) is 12.8. The highest BCUT2D eigenvalue weighted by Gasteiger charge is 2.38. The Bertz CT molecular complexity index is 353. The summed E-state index contributed by atoms with van der Waals surface area (Å²) in [6.07, 6.45) is 0.619. The van der Waals surface area contributed by atoms with Gasteiger partial charge in [0.05, 0.1) is 12.6 Å². The summed E-state index contributed by atoms with van der Waals surface area (Å²) in [7, 11) is 0. The van der Waals surface area contributed by atoms with Crippen molar-refractivity contribution >= 4 is 11.9 Å². The molecular formula is C14H26N2O3. The number of cyclic esters (lactones) is 1. The molecule has 5 nitrogen and oxygen atoms in total. The number of hydrogen-bond donors (Lipinski definition) is 2. The minimum Gasteiger partial charge on any atom is -0.464 e. The van der Waals surface area contributed by atoms with Crippen LogP contribution in [0.2, 0.25) is 0 Å². The van der Waals surface area contributed by atoms with Crippen LogP contribution in [0.15, 0.2) is 0 Å². The maximum absolute atomic E-state index is 12.4. The van der Waals surface area contributed by atoms with Crippen molar-refractivity contribution in [3.63, 3.8) is 0 Å². The van der Waals surface area contributed by atoms with E-state index >= 15 is 0 Å². The van der Waals surface area contributed by atoms with Gasteiger partial charge in [-0.25, -0.2) is 0 Å². The van der Waals surface area contributed by atoms with E-state index in [2.05, 4.69) is 10.6 Å². The fraction of sp³-hybridized carbons (Fsp3) is 0.857. The number of carbonyl (C=O) groups is 2. The van der Waals surface area contributed by atoms with Gasteiger partial charge in [0.1, 0.15) is 6.04 Å². The SMILES string of the molecule is CC(C)(C)NC(=O)[C@H](N[C@H]1CCOC1=O)C(C)(C)C. The van der Waals surface area contributed by atoms with E-state index in [0.29, 0.717) is 13.0 Å². The molecule has 0 aromatic carbocycles. The second-order valence-corrected chi connectivity index (χ2v) is 7.21. The topological polar surface area (TPSA) is 67.4 Å². The molecule has 1 heterocycles. The third-order valence-corrected chi connectivity index (χ3v) is 2.93. The maximum atomic E-state index is 12.4. The van der Waals surface area contributed by atoms with Crippen molar-refractivity contribution in [2.45, 2.75) is 65.6 Å². The van der Waals surface area contributed by atoms with Gasteiger partial charge in [-0.15, -0.1) is 0 Å². The Hall–Kier alpha value is -1.10. The van der Waals surface area contributed by atoms with E-state index in [0.717, 1.165) is 0 Å². The van der Waals surface area contributed by atoms with Crippen LogP contribution >= 0.6 is 0 Å². The average Bonchev–Trinajstić information content (AvgIpc) is 2.55. The van der Waals surface area contributed by atoms with Crippen LogP contribution in [0.1, 0.15) is 48.0 Å². The molecule has 110 valence electrons. The van der Waals surface area contributed by atoms with E-state index in [1.807, 2.05) is 41.5 Å². The second kappa shape index (κ2) is 5.49. The highest BCUT2D eigenvalue weighted by molar-refractivity contribution is 5.85. The van der Waals surface area contributed by atoms with Crippen LogP contribution in [0, 0.1) is 5.41 Å². The minimum atomic E-state index is -0.428. The van der Waals surface area contributed by atoms with Crippen molar-refractivity contribution < 1.29 is 14.3 Å².